The van der Waals surface area contributed by atoms with Crippen LogP contribution in [-0.4, -0.2) is 7.11 Å². The zero-order valence-electron chi connectivity index (χ0n) is 10.8. The average Bonchev–Trinajstić information content (AvgIpc) is 2.47. The van der Waals surface area contributed by atoms with Gasteiger partial charge in [0.25, 0.3) is 0 Å². The van der Waals surface area contributed by atoms with E-state index in [1.807, 2.05) is 12.1 Å². The minimum Gasteiger partial charge on any atom is -0.493 e. The fraction of sp³-hybridized carbons (Fsp3) is 0.200. The van der Waals surface area contributed by atoms with Gasteiger partial charge in [0.2, 0.25) is 0 Å². The van der Waals surface area contributed by atoms with Crippen molar-refractivity contribution < 1.29 is 9.47 Å². The number of hydrogen-bond donors (Lipinski definition) is 0. The minimum atomic E-state index is 0.437. The summed E-state index contributed by atoms with van der Waals surface area (Å²) in [6.07, 6.45) is 0. The lowest BCUT2D eigenvalue weighted by Crippen LogP contribution is -1.99. The van der Waals surface area contributed by atoms with Gasteiger partial charge in [0.05, 0.1) is 11.6 Å². The fourth-order valence-corrected chi connectivity index (χ4v) is 2.84. The number of ether oxygens (including phenoxy) is 2. The maximum atomic E-state index is 5.87. The van der Waals surface area contributed by atoms with Gasteiger partial charge in [-0.3, -0.25) is 0 Å². The third-order valence-electron chi connectivity index (χ3n) is 2.74. The Morgan fingerprint density at radius 3 is 2.45 bits per heavy atom. The van der Waals surface area contributed by atoms with Gasteiger partial charge in [-0.15, -0.1) is 11.6 Å². The van der Waals surface area contributed by atoms with Crippen LogP contribution >= 0.6 is 50.1 Å². The van der Waals surface area contributed by atoms with Gasteiger partial charge in [0, 0.05) is 9.45 Å². The summed E-state index contributed by atoms with van der Waals surface area (Å²) in [6, 6.07) is 12.1. The van der Waals surface area contributed by atoms with E-state index in [9.17, 15) is 0 Å². The average molecular weight is 468 g/mol. The lowest BCUT2D eigenvalue weighted by Gasteiger charge is -2.14. The van der Waals surface area contributed by atoms with E-state index >= 15 is 0 Å². The molecule has 0 unspecified atom stereocenters. The van der Waals surface area contributed by atoms with E-state index in [0.717, 1.165) is 15.6 Å². The molecule has 0 saturated carbocycles. The smallest absolute Gasteiger partial charge is 0.175 e. The van der Waals surface area contributed by atoms with Gasteiger partial charge in [-0.25, -0.2) is 0 Å². The zero-order valence-corrected chi connectivity index (χ0v) is 15.3. The van der Waals surface area contributed by atoms with Gasteiger partial charge in [-0.05, 0) is 73.9 Å². The molecule has 0 saturated heterocycles. The second-order valence-electron chi connectivity index (χ2n) is 4.16. The third kappa shape index (κ3) is 4.02. The molecular weight excluding hydrogens is 454 g/mol. The molecule has 5 heteroatoms. The molecular formula is C15H13BrClIO2. The highest BCUT2D eigenvalue weighted by molar-refractivity contribution is 14.1. The highest BCUT2D eigenvalue weighted by Gasteiger charge is 2.11. The van der Waals surface area contributed by atoms with E-state index in [1.165, 1.54) is 3.57 Å². The number of rotatable bonds is 5. The Bertz CT molecular complexity index is 587. The van der Waals surface area contributed by atoms with E-state index < -0.39 is 0 Å². The molecule has 0 atom stereocenters. The van der Waals surface area contributed by atoms with Crippen LogP contribution in [0.1, 0.15) is 11.1 Å². The van der Waals surface area contributed by atoms with Gasteiger partial charge < -0.3 is 9.47 Å². The van der Waals surface area contributed by atoms with Crippen LogP contribution in [-0.2, 0) is 12.5 Å². The summed E-state index contributed by atoms with van der Waals surface area (Å²) in [6.45, 7) is 0.492. The monoisotopic (exact) mass is 466 g/mol. The SMILES string of the molecule is COc1cc(CCl)cc(Br)c1OCc1ccc(I)cc1. The molecule has 0 N–H and O–H groups in total. The maximum Gasteiger partial charge on any atom is 0.175 e. The topological polar surface area (TPSA) is 18.5 Å². The van der Waals surface area contributed by atoms with Crippen LogP contribution in [0, 0.1) is 3.57 Å². The third-order valence-corrected chi connectivity index (χ3v) is 4.36. The van der Waals surface area contributed by atoms with Crippen LogP contribution < -0.4 is 9.47 Å². The van der Waals surface area contributed by atoms with Gasteiger partial charge in [-0.1, -0.05) is 12.1 Å². The summed E-state index contributed by atoms with van der Waals surface area (Å²) in [5.74, 6) is 1.81. The molecule has 0 radical (unpaired) electrons. The molecule has 2 aromatic rings. The van der Waals surface area contributed by atoms with Crippen LogP contribution in [0.4, 0.5) is 0 Å². The van der Waals surface area contributed by atoms with E-state index in [0.29, 0.717) is 24.0 Å². The largest absolute Gasteiger partial charge is 0.493 e. The van der Waals surface area contributed by atoms with Gasteiger partial charge in [0.1, 0.15) is 6.61 Å². The van der Waals surface area contributed by atoms with Crippen molar-refractivity contribution >= 4 is 50.1 Å². The van der Waals surface area contributed by atoms with Crippen LogP contribution in [0.5, 0.6) is 11.5 Å². The van der Waals surface area contributed by atoms with Crippen molar-refractivity contribution in [3.63, 3.8) is 0 Å². The second-order valence-corrected chi connectivity index (χ2v) is 6.53. The quantitative estimate of drug-likeness (QED) is 0.434. The standard InChI is InChI=1S/C15H13BrClIO2/c1-19-14-7-11(8-17)6-13(16)15(14)20-9-10-2-4-12(18)5-3-10/h2-7H,8-9H2,1H3. The molecule has 0 heterocycles. The summed E-state index contributed by atoms with van der Waals surface area (Å²) < 4.78 is 13.3. The molecule has 106 valence electrons. The van der Waals surface area contributed by atoms with Crippen LogP contribution in [0.3, 0.4) is 0 Å². The predicted molar refractivity (Wildman–Crippen MR) is 93.7 cm³/mol. The number of alkyl halides is 1. The van der Waals surface area contributed by atoms with E-state index in [1.54, 1.807) is 7.11 Å². The molecule has 0 aliphatic rings. The van der Waals surface area contributed by atoms with Crippen LogP contribution in [0.15, 0.2) is 40.9 Å². The molecule has 2 nitrogen and oxygen atoms in total. The Morgan fingerprint density at radius 2 is 1.85 bits per heavy atom. The van der Waals surface area contributed by atoms with Crippen molar-refractivity contribution in [3.8, 4) is 11.5 Å². The minimum absolute atomic E-state index is 0.437. The van der Waals surface area contributed by atoms with Gasteiger partial charge in [0.15, 0.2) is 11.5 Å². The van der Waals surface area contributed by atoms with E-state index in [-0.39, 0.29) is 0 Å². The molecule has 0 aliphatic carbocycles. The first-order valence-electron chi connectivity index (χ1n) is 5.93. The lowest BCUT2D eigenvalue weighted by molar-refractivity contribution is 0.282. The summed E-state index contributed by atoms with van der Waals surface area (Å²) in [5.41, 5.74) is 2.10. The van der Waals surface area contributed by atoms with Crippen LogP contribution in [0.2, 0.25) is 0 Å². The number of benzene rings is 2. The Morgan fingerprint density at radius 1 is 1.15 bits per heavy atom. The van der Waals surface area contributed by atoms with Crippen LogP contribution in [0.25, 0.3) is 0 Å². The fourth-order valence-electron chi connectivity index (χ4n) is 1.73. The lowest BCUT2D eigenvalue weighted by atomic mass is 10.2. The first-order valence-corrected chi connectivity index (χ1v) is 8.34. The highest BCUT2D eigenvalue weighted by atomic mass is 127. The van der Waals surface area contributed by atoms with Crippen molar-refractivity contribution in [1.29, 1.82) is 0 Å². The number of hydrogen-bond acceptors (Lipinski definition) is 2. The summed E-state index contributed by atoms with van der Waals surface area (Å²) >= 11 is 11.6. The number of methoxy groups -OCH3 is 1. The van der Waals surface area contributed by atoms with Crippen molar-refractivity contribution in [2.24, 2.45) is 0 Å². The molecule has 0 fully saturated rings. The summed E-state index contributed by atoms with van der Waals surface area (Å²) in [5, 5.41) is 0. The molecule has 0 aliphatic heterocycles. The molecule has 20 heavy (non-hydrogen) atoms. The Hall–Kier alpha value is -0.460. The molecule has 0 bridgehead atoms. The van der Waals surface area contributed by atoms with Gasteiger partial charge in [-0.2, -0.15) is 0 Å². The zero-order chi connectivity index (χ0) is 14.5. The van der Waals surface area contributed by atoms with Crippen molar-refractivity contribution in [1.82, 2.24) is 0 Å². The van der Waals surface area contributed by atoms with E-state index in [2.05, 4.69) is 62.8 Å². The Labute approximate surface area is 145 Å². The molecule has 2 aromatic carbocycles. The van der Waals surface area contributed by atoms with Crippen molar-refractivity contribution in [2.75, 3.05) is 7.11 Å². The number of halogens is 3. The van der Waals surface area contributed by atoms with Crippen molar-refractivity contribution in [2.45, 2.75) is 12.5 Å². The molecule has 2 rings (SSSR count). The summed E-state index contributed by atoms with van der Waals surface area (Å²) in [4.78, 5) is 0. The van der Waals surface area contributed by atoms with E-state index in [4.69, 9.17) is 21.1 Å². The van der Waals surface area contributed by atoms with Crippen molar-refractivity contribution in [3.05, 3.63) is 55.6 Å². The molecule has 0 spiro atoms. The predicted octanol–water partition coefficient (Wildman–Crippen LogP) is 5.38. The maximum absolute atomic E-state index is 5.87. The first-order chi connectivity index (χ1) is 9.63. The first kappa shape index (κ1) is 15.9. The summed E-state index contributed by atoms with van der Waals surface area (Å²) in [7, 11) is 1.62. The van der Waals surface area contributed by atoms with Gasteiger partial charge >= 0.3 is 0 Å². The molecule has 0 aromatic heterocycles. The molecule has 0 amide bonds. The highest BCUT2D eigenvalue weighted by Crippen LogP contribution is 2.37. The second kappa shape index (κ2) is 7.52. The Kier molecular flexibility index (Phi) is 5.99. The normalized spacial score (nSPS) is 10.4. The Balaban J connectivity index is 2.18.